The van der Waals surface area contributed by atoms with E-state index in [1.165, 1.54) is 19.3 Å². The number of carbonyl (C=O) groups excluding carboxylic acids is 1. The summed E-state index contributed by atoms with van der Waals surface area (Å²) < 4.78 is 0. The molecule has 0 aromatic rings. The summed E-state index contributed by atoms with van der Waals surface area (Å²) >= 11 is 0. The van der Waals surface area contributed by atoms with E-state index in [1.807, 2.05) is 18.7 Å². The second kappa shape index (κ2) is 4.49. The average Bonchev–Trinajstić information content (AvgIpc) is 2.04. The molecule has 0 heterocycles. The Morgan fingerprint density at radius 2 is 1.85 bits per heavy atom. The van der Waals surface area contributed by atoms with Crippen molar-refractivity contribution in [2.24, 2.45) is 5.73 Å². The molecule has 0 bridgehead atoms. The lowest BCUT2D eigenvalue weighted by molar-refractivity contribution is 0.142. The monoisotopic (exact) mass is 184 g/mol. The van der Waals surface area contributed by atoms with E-state index in [1.54, 1.807) is 0 Å². The van der Waals surface area contributed by atoms with E-state index >= 15 is 0 Å². The van der Waals surface area contributed by atoms with Crippen LogP contribution in [0.25, 0.3) is 0 Å². The second-order valence-corrected chi connectivity index (χ2v) is 4.13. The Morgan fingerprint density at radius 1 is 1.31 bits per heavy atom. The topological polar surface area (TPSA) is 46.3 Å². The van der Waals surface area contributed by atoms with E-state index in [2.05, 4.69) is 0 Å². The van der Waals surface area contributed by atoms with Crippen LogP contribution in [0.3, 0.4) is 0 Å². The molecule has 3 heteroatoms. The summed E-state index contributed by atoms with van der Waals surface area (Å²) in [6, 6.07) is 0.369. The van der Waals surface area contributed by atoms with Crippen molar-refractivity contribution < 1.29 is 4.79 Å². The largest absolute Gasteiger partial charge is 0.351 e. The molecule has 0 saturated heterocycles. The Labute approximate surface area is 80.3 Å². The van der Waals surface area contributed by atoms with Gasteiger partial charge >= 0.3 is 6.03 Å². The SMILES string of the molecule is CC(C)N(C(N)=O)C1CCCCC1. The number of carbonyl (C=O) groups is 1. The smallest absolute Gasteiger partial charge is 0.315 e. The fourth-order valence-corrected chi connectivity index (χ4v) is 2.22. The molecule has 3 nitrogen and oxygen atoms in total. The quantitative estimate of drug-likeness (QED) is 0.702. The maximum absolute atomic E-state index is 11.2. The minimum absolute atomic E-state index is 0.237. The number of nitrogens with two attached hydrogens (primary N) is 1. The number of hydrogen-bond donors (Lipinski definition) is 1. The molecule has 1 aliphatic rings. The van der Waals surface area contributed by atoms with Gasteiger partial charge in [-0.2, -0.15) is 0 Å². The molecule has 1 fully saturated rings. The number of hydrogen-bond acceptors (Lipinski definition) is 1. The summed E-state index contributed by atoms with van der Waals surface area (Å²) in [7, 11) is 0. The Hall–Kier alpha value is -0.730. The molecule has 76 valence electrons. The van der Waals surface area contributed by atoms with Crippen LogP contribution in [0.1, 0.15) is 46.0 Å². The zero-order valence-corrected chi connectivity index (χ0v) is 8.62. The number of rotatable bonds is 2. The van der Waals surface area contributed by atoms with Crippen LogP contribution in [0.4, 0.5) is 4.79 Å². The summed E-state index contributed by atoms with van der Waals surface area (Å²) in [6.07, 6.45) is 6.03. The van der Waals surface area contributed by atoms with Crippen LogP contribution in [-0.2, 0) is 0 Å². The third kappa shape index (κ3) is 2.61. The highest BCUT2D eigenvalue weighted by Crippen LogP contribution is 2.23. The van der Waals surface area contributed by atoms with Crippen LogP contribution in [0, 0.1) is 0 Å². The number of urea groups is 1. The van der Waals surface area contributed by atoms with Gasteiger partial charge < -0.3 is 10.6 Å². The van der Waals surface area contributed by atoms with Crippen molar-refractivity contribution in [3.8, 4) is 0 Å². The van der Waals surface area contributed by atoms with Crippen molar-refractivity contribution in [3.05, 3.63) is 0 Å². The molecule has 0 atom stereocenters. The molecule has 2 N–H and O–H groups in total. The molecule has 13 heavy (non-hydrogen) atoms. The number of nitrogens with zero attached hydrogens (tertiary/aromatic N) is 1. The standard InChI is InChI=1S/C10H20N2O/c1-8(2)12(10(11)13)9-6-4-3-5-7-9/h8-9H,3-7H2,1-2H3,(H2,11,13). The summed E-state index contributed by atoms with van der Waals surface area (Å²) in [6.45, 7) is 4.05. The van der Waals surface area contributed by atoms with E-state index in [-0.39, 0.29) is 12.1 Å². The third-order valence-corrected chi connectivity index (χ3v) is 2.78. The van der Waals surface area contributed by atoms with Crippen molar-refractivity contribution >= 4 is 6.03 Å². The van der Waals surface area contributed by atoms with Gasteiger partial charge in [0.2, 0.25) is 0 Å². The first-order valence-electron chi connectivity index (χ1n) is 5.20. The summed E-state index contributed by atoms with van der Waals surface area (Å²) in [5, 5.41) is 0. The van der Waals surface area contributed by atoms with E-state index < -0.39 is 0 Å². The predicted molar refractivity (Wildman–Crippen MR) is 53.4 cm³/mol. The predicted octanol–water partition coefficient (Wildman–Crippen LogP) is 2.11. The van der Waals surface area contributed by atoms with E-state index in [9.17, 15) is 4.79 Å². The highest BCUT2D eigenvalue weighted by atomic mass is 16.2. The Balaban J connectivity index is 2.57. The van der Waals surface area contributed by atoms with Gasteiger partial charge in [0.1, 0.15) is 0 Å². The van der Waals surface area contributed by atoms with Gasteiger partial charge in [0.25, 0.3) is 0 Å². The van der Waals surface area contributed by atoms with Crippen molar-refractivity contribution in [2.45, 2.75) is 58.0 Å². The van der Waals surface area contributed by atoms with Gasteiger partial charge in [0.05, 0.1) is 0 Å². The lowest BCUT2D eigenvalue weighted by atomic mass is 9.93. The number of primary amides is 1. The van der Waals surface area contributed by atoms with Crippen molar-refractivity contribution in [1.29, 1.82) is 0 Å². The minimum atomic E-state index is -0.262. The molecule has 1 rings (SSSR count). The van der Waals surface area contributed by atoms with Crippen LogP contribution in [0.15, 0.2) is 0 Å². The molecule has 0 radical (unpaired) electrons. The van der Waals surface area contributed by atoms with E-state index in [0.717, 1.165) is 12.8 Å². The maximum atomic E-state index is 11.2. The Kier molecular flexibility index (Phi) is 3.58. The fourth-order valence-electron chi connectivity index (χ4n) is 2.22. The molecule has 2 amide bonds. The third-order valence-electron chi connectivity index (χ3n) is 2.78. The minimum Gasteiger partial charge on any atom is -0.351 e. The second-order valence-electron chi connectivity index (χ2n) is 4.13. The van der Waals surface area contributed by atoms with Crippen LogP contribution >= 0.6 is 0 Å². The van der Waals surface area contributed by atoms with Gasteiger partial charge in [-0.3, -0.25) is 0 Å². The van der Waals surface area contributed by atoms with Crippen LogP contribution in [-0.4, -0.2) is 23.0 Å². The van der Waals surface area contributed by atoms with E-state index in [4.69, 9.17) is 5.73 Å². The normalized spacial score (nSPS) is 19.0. The van der Waals surface area contributed by atoms with Crippen molar-refractivity contribution in [2.75, 3.05) is 0 Å². The molecule has 1 saturated carbocycles. The molecule has 0 unspecified atom stereocenters. The summed E-state index contributed by atoms with van der Waals surface area (Å²) in [4.78, 5) is 13.0. The van der Waals surface area contributed by atoms with Crippen molar-refractivity contribution in [1.82, 2.24) is 4.90 Å². The fraction of sp³-hybridized carbons (Fsp3) is 0.900. The lowest BCUT2D eigenvalue weighted by Crippen LogP contribution is -2.48. The first-order chi connectivity index (χ1) is 6.13. The van der Waals surface area contributed by atoms with Gasteiger partial charge in [-0.05, 0) is 26.7 Å². The summed E-state index contributed by atoms with van der Waals surface area (Å²) in [5.74, 6) is 0. The van der Waals surface area contributed by atoms with E-state index in [0.29, 0.717) is 6.04 Å². The van der Waals surface area contributed by atoms with Gasteiger partial charge in [-0.15, -0.1) is 0 Å². The first-order valence-corrected chi connectivity index (χ1v) is 5.20. The lowest BCUT2D eigenvalue weighted by Gasteiger charge is -2.35. The molecule has 0 aliphatic heterocycles. The van der Waals surface area contributed by atoms with Gasteiger partial charge in [0.15, 0.2) is 0 Å². The van der Waals surface area contributed by atoms with Gasteiger partial charge in [-0.1, -0.05) is 19.3 Å². The number of amides is 2. The summed E-state index contributed by atoms with van der Waals surface area (Å²) in [5.41, 5.74) is 5.36. The molecule has 1 aliphatic carbocycles. The Morgan fingerprint density at radius 3 is 2.23 bits per heavy atom. The first kappa shape index (κ1) is 10.4. The van der Waals surface area contributed by atoms with Gasteiger partial charge in [0, 0.05) is 12.1 Å². The van der Waals surface area contributed by atoms with Crippen LogP contribution in [0.5, 0.6) is 0 Å². The highest BCUT2D eigenvalue weighted by Gasteiger charge is 2.25. The maximum Gasteiger partial charge on any atom is 0.315 e. The molecule has 0 aromatic heterocycles. The molecule has 0 spiro atoms. The van der Waals surface area contributed by atoms with Crippen LogP contribution < -0.4 is 5.73 Å². The highest BCUT2D eigenvalue weighted by molar-refractivity contribution is 5.72. The van der Waals surface area contributed by atoms with Crippen molar-refractivity contribution in [3.63, 3.8) is 0 Å². The average molecular weight is 184 g/mol. The Bertz CT molecular complexity index is 174. The zero-order valence-electron chi connectivity index (χ0n) is 8.62. The van der Waals surface area contributed by atoms with Crippen LogP contribution in [0.2, 0.25) is 0 Å². The molecule has 0 aromatic carbocycles. The zero-order chi connectivity index (χ0) is 9.84. The molecular formula is C10H20N2O. The molecular weight excluding hydrogens is 164 g/mol. The van der Waals surface area contributed by atoms with Gasteiger partial charge in [-0.25, -0.2) is 4.79 Å².